The number of amides is 1. The molecule has 1 fully saturated rings. The minimum Gasteiger partial charge on any atom is -0.508 e. The molecule has 1 amide bonds. The average Bonchev–Trinajstić information content (AvgIpc) is 3.54. The second-order valence-electron chi connectivity index (χ2n) is 7.85. The number of carbonyl (C=O) groups is 1. The number of hydrogen-bond donors (Lipinski definition) is 2. The fourth-order valence-electron chi connectivity index (χ4n) is 3.46. The third-order valence-corrected chi connectivity index (χ3v) is 5.28. The Kier molecular flexibility index (Phi) is 6.24. The molecule has 0 spiro atoms. The Bertz CT molecular complexity index is 1190. The quantitative estimate of drug-likeness (QED) is 0.579. The van der Waals surface area contributed by atoms with Gasteiger partial charge in [-0.1, -0.05) is 35.7 Å². The number of aryl methyl sites for hydroxylation is 1. The molecule has 0 saturated heterocycles. The number of methoxy groups -OCH3 is 1. The number of nitrogens with zero attached hydrogens (tertiary/aromatic N) is 2. The number of aromatic nitrogens is 2. The van der Waals surface area contributed by atoms with Gasteiger partial charge in [-0.2, -0.15) is 5.10 Å². The number of aromatic hydroxyl groups is 1. The molecule has 0 bridgehead atoms. The van der Waals surface area contributed by atoms with Crippen LogP contribution in [0.4, 0.5) is 4.39 Å². The molecule has 3 aromatic rings. The molecule has 164 valence electrons. The molecular weight excluding hydrogens is 409 g/mol. The fraction of sp³-hybridized carbons (Fsp3) is 0.280. The molecule has 2 N–H and O–H groups in total. The number of nitrogens with one attached hydrogen (secondary N) is 1. The minimum atomic E-state index is -0.757. The summed E-state index contributed by atoms with van der Waals surface area (Å²) in [5, 5.41) is 17.8. The summed E-state index contributed by atoms with van der Waals surface area (Å²) in [6.07, 6.45) is 1.98. The van der Waals surface area contributed by atoms with Crippen molar-refractivity contribution in [1.82, 2.24) is 15.1 Å². The van der Waals surface area contributed by atoms with Crippen molar-refractivity contribution in [3.05, 3.63) is 82.4 Å². The van der Waals surface area contributed by atoms with Gasteiger partial charge in [0.15, 0.2) is 5.69 Å². The van der Waals surface area contributed by atoms with Gasteiger partial charge in [0, 0.05) is 18.7 Å². The summed E-state index contributed by atoms with van der Waals surface area (Å²) in [6.45, 7) is 2.24. The molecule has 7 heteroatoms. The van der Waals surface area contributed by atoms with Crippen LogP contribution in [-0.4, -0.2) is 34.5 Å². The van der Waals surface area contributed by atoms with Crippen LogP contribution in [-0.2, 0) is 4.74 Å². The molecular formula is C25H24FN3O3. The predicted octanol–water partition coefficient (Wildman–Crippen LogP) is 3.89. The van der Waals surface area contributed by atoms with E-state index < -0.39 is 17.8 Å². The van der Waals surface area contributed by atoms with Crippen LogP contribution >= 0.6 is 0 Å². The third-order valence-electron chi connectivity index (χ3n) is 5.28. The average molecular weight is 433 g/mol. The van der Waals surface area contributed by atoms with Crippen molar-refractivity contribution in [3.8, 4) is 17.6 Å². The van der Waals surface area contributed by atoms with Gasteiger partial charge in [-0.25, -0.2) is 4.39 Å². The van der Waals surface area contributed by atoms with Gasteiger partial charge < -0.3 is 15.2 Å². The van der Waals surface area contributed by atoms with Gasteiger partial charge in [0.2, 0.25) is 0 Å². The SMILES string of the molecule is COCC#Cc1cc(C(=O)N[C@H](c2ccc(C)cc2)c2cc(F)ccc2O)nn1C1CC1. The number of carbonyl (C=O) groups excluding carboxylic acids is 1. The summed E-state index contributed by atoms with van der Waals surface area (Å²) in [5.74, 6) is 4.86. The predicted molar refractivity (Wildman–Crippen MR) is 118 cm³/mol. The molecule has 4 rings (SSSR count). The standard InChI is InChI=1S/C25H24FN3O3/c1-16-5-7-17(8-6-16)24(21-14-18(26)9-12-23(21)30)27-25(31)22-15-20(4-3-13-32-2)29(28-22)19-10-11-19/h5-9,12,14-15,19,24,30H,10-11,13H2,1-2H3,(H,27,31)/t24-/m1/s1. The molecule has 0 aliphatic heterocycles. The monoisotopic (exact) mass is 433 g/mol. The Morgan fingerprint density at radius 1 is 1.28 bits per heavy atom. The van der Waals surface area contributed by atoms with Crippen LogP contribution in [0.5, 0.6) is 5.75 Å². The Balaban J connectivity index is 1.67. The van der Waals surface area contributed by atoms with E-state index in [9.17, 15) is 14.3 Å². The summed E-state index contributed by atoms with van der Waals surface area (Å²) in [4.78, 5) is 13.2. The molecule has 1 heterocycles. The Morgan fingerprint density at radius 3 is 2.72 bits per heavy atom. The fourth-order valence-corrected chi connectivity index (χ4v) is 3.46. The number of benzene rings is 2. The topological polar surface area (TPSA) is 76.4 Å². The zero-order valence-corrected chi connectivity index (χ0v) is 17.9. The van der Waals surface area contributed by atoms with Crippen LogP contribution < -0.4 is 5.32 Å². The second-order valence-corrected chi connectivity index (χ2v) is 7.85. The number of halogens is 1. The maximum absolute atomic E-state index is 14.0. The minimum absolute atomic E-state index is 0.105. The zero-order chi connectivity index (χ0) is 22.7. The first-order valence-corrected chi connectivity index (χ1v) is 10.4. The van der Waals surface area contributed by atoms with Crippen molar-refractivity contribution in [2.75, 3.05) is 13.7 Å². The van der Waals surface area contributed by atoms with Crippen molar-refractivity contribution in [1.29, 1.82) is 0 Å². The van der Waals surface area contributed by atoms with E-state index in [0.29, 0.717) is 11.3 Å². The largest absolute Gasteiger partial charge is 0.508 e. The first-order chi connectivity index (χ1) is 15.5. The number of phenols is 1. The summed E-state index contributed by atoms with van der Waals surface area (Å²) < 4.78 is 20.7. The van der Waals surface area contributed by atoms with E-state index in [1.165, 1.54) is 18.2 Å². The van der Waals surface area contributed by atoms with Gasteiger partial charge in [0.25, 0.3) is 5.91 Å². The first-order valence-electron chi connectivity index (χ1n) is 10.4. The van der Waals surface area contributed by atoms with E-state index in [2.05, 4.69) is 22.3 Å². The molecule has 1 saturated carbocycles. The summed E-state index contributed by atoms with van der Waals surface area (Å²) >= 11 is 0. The summed E-state index contributed by atoms with van der Waals surface area (Å²) in [5.41, 5.74) is 2.89. The highest BCUT2D eigenvalue weighted by Crippen LogP contribution is 2.35. The van der Waals surface area contributed by atoms with E-state index in [4.69, 9.17) is 4.74 Å². The zero-order valence-electron chi connectivity index (χ0n) is 17.9. The van der Waals surface area contributed by atoms with Crippen LogP contribution in [0.1, 0.15) is 57.8 Å². The first kappa shape index (κ1) is 21.6. The number of ether oxygens (including phenoxy) is 1. The molecule has 1 atom stereocenters. The van der Waals surface area contributed by atoms with E-state index in [1.807, 2.05) is 31.2 Å². The van der Waals surface area contributed by atoms with E-state index in [1.54, 1.807) is 17.9 Å². The van der Waals surface area contributed by atoms with Crippen molar-refractivity contribution in [2.24, 2.45) is 0 Å². The lowest BCUT2D eigenvalue weighted by Crippen LogP contribution is -2.30. The number of phenolic OH excluding ortho intramolecular Hbond substituents is 1. The van der Waals surface area contributed by atoms with Crippen molar-refractivity contribution < 1.29 is 19.0 Å². The van der Waals surface area contributed by atoms with E-state index >= 15 is 0 Å². The van der Waals surface area contributed by atoms with E-state index in [-0.39, 0.29) is 29.7 Å². The van der Waals surface area contributed by atoms with Gasteiger partial charge in [-0.3, -0.25) is 9.48 Å². The molecule has 1 aliphatic carbocycles. The van der Waals surface area contributed by atoms with Gasteiger partial charge in [0.1, 0.15) is 23.9 Å². The maximum atomic E-state index is 14.0. The molecule has 6 nitrogen and oxygen atoms in total. The van der Waals surface area contributed by atoms with Gasteiger partial charge >= 0.3 is 0 Å². The summed E-state index contributed by atoms with van der Waals surface area (Å²) in [6, 6.07) is 12.3. The lowest BCUT2D eigenvalue weighted by Gasteiger charge is -2.20. The van der Waals surface area contributed by atoms with Crippen LogP contribution in [0.2, 0.25) is 0 Å². The summed E-state index contributed by atoms with van der Waals surface area (Å²) in [7, 11) is 1.57. The Morgan fingerprint density at radius 2 is 2.03 bits per heavy atom. The second kappa shape index (κ2) is 9.25. The number of hydrogen-bond acceptors (Lipinski definition) is 4. The molecule has 32 heavy (non-hydrogen) atoms. The van der Waals surface area contributed by atoms with Crippen LogP contribution in [0.15, 0.2) is 48.5 Å². The lowest BCUT2D eigenvalue weighted by atomic mass is 9.96. The molecule has 2 aromatic carbocycles. The molecule has 0 radical (unpaired) electrons. The van der Waals surface area contributed by atoms with Crippen molar-refractivity contribution in [3.63, 3.8) is 0 Å². The third kappa shape index (κ3) is 4.82. The van der Waals surface area contributed by atoms with Crippen LogP contribution in [0.3, 0.4) is 0 Å². The van der Waals surface area contributed by atoms with Crippen LogP contribution in [0, 0.1) is 24.6 Å². The molecule has 1 aliphatic rings. The van der Waals surface area contributed by atoms with Crippen molar-refractivity contribution in [2.45, 2.75) is 31.8 Å². The molecule has 1 aromatic heterocycles. The highest BCUT2D eigenvalue weighted by Gasteiger charge is 2.29. The number of rotatable bonds is 6. The maximum Gasteiger partial charge on any atom is 0.272 e. The van der Waals surface area contributed by atoms with Gasteiger partial charge in [-0.15, -0.1) is 0 Å². The Labute approximate surface area is 186 Å². The highest BCUT2D eigenvalue weighted by molar-refractivity contribution is 5.93. The molecule has 0 unspecified atom stereocenters. The Hall–Kier alpha value is -3.63. The van der Waals surface area contributed by atoms with E-state index in [0.717, 1.165) is 18.4 Å². The lowest BCUT2D eigenvalue weighted by molar-refractivity contribution is 0.0936. The van der Waals surface area contributed by atoms with Crippen LogP contribution in [0.25, 0.3) is 0 Å². The van der Waals surface area contributed by atoms with Crippen molar-refractivity contribution >= 4 is 5.91 Å². The van der Waals surface area contributed by atoms with Gasteiger partial charge in [0.05, 0.1) is 12.1 Å². The normalized spacial score (nSPS) is 13.8. The smallest absolute Gasteiger partial charge is 0.272 e. The highest BCUT2D eigenvalue weighted by atomic mass is 19.1. The van der Waals surface area contributed by atoms with Gasteiger partial charge in [-0.05, 0) is 49.4 Å².